The van der Waals surface area contributed by atoms with Crippen molar-refractivity contribution in [3.8, 4) is 6.07 Å². The van der Waals surface area contributed by atoms with Crippen LogP contribution in [0.3, 0.4) is 0 Å². The minimum Gasteiger partial charge on any atom is -0.372 e. The average molecular weight is 156 g/mol. The largest absolute Gasteiger partial charge is 0.372 e. The van der Waals surface area contributed by atoms with Crippen molar-refractivity contribution in [3.05, 3.63) is 0 Å². The zero-order valence-electron chi connectivity index (χ0n) is 6.83. The average Bonchev–Trinajstić information content (AvgIpc) is 2.00. The van der Waals surface area contributed by atoms with Crippen LogP contribution < -0.4 is 0 Å². The molecule has 4 heteroatoms. The first-order valence-electron chi connectivity index (χ1n) is 3.41. The summed E-state index contributed by atoms with van der Waals surface area (Å²) in [5, 5.41) is 8.23. The second kappa shape index (κ2) is 5.69. The molecule has 0 heterocycles. The first-order chi connectivity index (χ1) is 5.22. The van der Waals surface area contributed by atoms with Crippen LogP contribution in [0.25, 0.3) is 0 Å². The van der Waals surface area contributed by atoms with Crippen molar-refractivity contribution < 1.29 is 9.53 Å². The number of nitriles is 1. The van der Waals surface area contributed by atoms with Crippen LogP contribution in [-0.2, 0) is 9.53 Å². The molecule has 0 aromatic heterocycles. The van der Waals surface area contributed by atoms with E-state index in [4.69, 9.17) is 10.00 Å². The van der Waals surface area contributed by atoms with Crippen LogP contribution in [0.5, 0.6) is 0 Å². The van der Waals surface area contributed by atoms with Gasteiger partial charge in [-0.05, 0) is 6.92 Å². The van der Waals surface area contributed by atoms with Crippen molar-refractivity contribution >= 4 is 5.91 Å². The summed E-state index contributed by atoms with van der Waals surface area (Å²) in [7, 11) is 1.57. The lowest BCUT2D eigenvalue weighted by molar-refractivity contribution is -0.134. The molecule has 0 bridgehead atoms. The number of hydrogen-bond acceptors (Lipinski definition) is 3. The SMILES string of the molecule is CCOCC(=O)N(C)CC#N. The second-order valence-corrected chi connectivity index (χ2v) is 2.05. The fourth-order valence-corrected chi connectivity index (χ4v) is 0.494. The second-order valence-electron chi connectivity index (χ2n) is 2.05. The molecular weight excluding hydrogens is 144 g/mol. The van der Waals surface area contributed by atoms with Crippen LogP contribution in [0, 0.1) is 11.3 Å². The maximum atomic E-state index is 10.9. The van der Waals surface area contributed by atoms with E-state index < -0.39 is 0 Å². The molecule has 0 fully saturated rings. The van der Waals surface area contributed by atoms with E-state index in [0.717, 1.165) is 0 Å². The highest BCUT2D eigenvalue weighted by atomic mass is 16.5. The Morgan fingerprint density at radius 2 is 2.36 bits per heavy atom. The van der Waals surface area contributed by atoms with Gasteiger partial charge in [-0.1, -0.05) is 0 Å². The van der Waals surface area contributed by atoms with Gasteiger partial charge >= 0.3 is 0 Å². The van der Waals surface area contributed by atoms with Crippen LogP contribution in [0.4, 0.5) is 0 Å². The Morgan fingerprint density at radius 1 is 1.73 bits per heavy atom. The summed E-state index contributed by atoms with van der Waals surface area (Å²) in [5.74, 6) is -0.159. The number of hydrogen-bond donors (Lipinski definition) is 0. The lowest BCUT2D eigenvalue weighted by Crippen LogP contribution is -2.30. The standard InChI is InChI=1S/C7H12N2O2/c1-3-11-6-7(10)9(2)5-4-8/h3,5-6H2,1-2H3. The van der Waals surface area contributed by atoms with Gasteiger partial charge < -0.3 is 9.64 Å². The van der Waals surface area contributed by atoms with Crippen LogP contribution in [0.1, 0.15) is 6.92 Å². The van der Waals surface area contributed by atoms with Gasteiger partial charge in [0.25, 0.3) is 0 Å². The zero-order chi connectivity index (χ0) is 8.69. The highest BCUT2D eigenvalue weighted by Crippen LogP contribution is 1.84. The van der Waals surface area contributed by atoms with Crippen LogP contribution in [-0.4, -0.2) is 37.6 Å². The summed E-state index contributed by atoms with van der Waals surface area (Å²) in [4.78, 5) is 12.3. The van der Waals surface area contributed by atoms with Crippen molar-refractivity contribution in [3.63, 3.8) is 0 Å². The molecule has 0 aliphatic rings. The molecule has 0 saturated carbocycles. The summed E-state index contributed by atoms with van der Waals surface area (Å²) >= 11 is 0. The van der Waals surface area contributed by atoms with Gasteiger partial charge in [-0.3, -0.25) is 4.79 Å². The van der Waals surface area contributed by atoms with Crippen LogP contribution in [0.15, 0.2) is 0 Å². The van der Waals surface area contributed by atoms with Gasteiger partial charge in [-0.25, -0.2) is 0 Å². The van der Waals surface area contributed by atoms with Crippen molar-refractivity contribution in [1.82, 2.24) is 4.90 Å². The number of likely N-dealkylation sites (N-methyl/N-ethyl adjacent to an activating group) is 1. The minimum absolute atomic E-state index is 0.0642. The molecule has 0 aromatic carbocycles. The molecule has 0 aliphatic heterocycles. The van der Waals surface area contributed by atoms with Gasteiger partial charge in [-0.2, -0.15) is 5.26 Å². The summed E-state index contributed by atoms with van der Waals surface area (Å²) in [5.41, 5.74) is 0. The molecule has 4 nitrogen and oxygen atoms in total. The fourth-order valence-electron chi connectivity index (χ4n) is 0.494. The van der Waals surface area contributed by atoms with Gasteiger partial charge in [0.15, 0.2) is 0 Å². The normalized spacial score (nSPS) is 8.82. The first kappa shape index (κ1) is 9.92. The summed E-state index contributed by atoms with van der Waals surface area (Å²) in [6, 6.07) is 1.87. The summed E-state index contributed by atoms with van der Waals surface area (Å²) in [6.45, 7) is 2.52. The highest BCUT2D eigenvalue weighted by Gasteiger charge is 2.06. The molecule has 0 saturated heterocycles. The summed E-state index contributed by atoms with van der Waals surface area (Å²) < 4.78 is 4.86. The smallest absolute Gasteiger partial charge is 0.249 e. The van der Waals surface area contributed by atoms with Gasteiger partial charge in [0.1, 0.15) is 13.2 Å². The quantitative estimate of drug-likeness (QED) is 0.538. The Hall–Kier alpha value is -1.08. The Labute approximate surface area is 66.4 Å². The molecule has 62 valence electrons. The van der Waals surface area contributed by atoms with Crippen LogP contribution >= 0.6 is 0 Å². The zero-order valence-corrected chi connectivity index (χ0v) is 6.83. The first-order valence-corrected chi connectivity index (χ1v) is 3.41. The lowest BCUT2D eigenvalue weighted by Gasteiger charge is -2.11. The molecular formula is C7H12N2O2. The van der Waals surface area contributed by atoms with Crippen molar-refractivity contribution in [2.45, 2.75) is 6.92 Å². The monoisotopic (exact) mass is 156 g/mol. The lowest BCUT2D eigenvalue weighted by atomic mass is 10.5. The predicted octanol–water partition coefficient (Wildman–Crippen LogP) is 0.00488. The molecule has 11 heavy (non-hydrogen) atoms. The molecule has 0 atom stereocenters. The third kappa shape index (κ3) is 4.34. The van der Waals surface area contributed by atoms with Crippen LogP contribution in [0.2, 0.25) is 0 Å². The number of rotatable bonds is 4. The number of nitrogens with zero attached hydrogens (tertiary/aromatic N) is 2. The number of amides is 1. The molecule has 0 aromatic rings. The van der Waals surface area contributed by atoms with E-state index in [1.807, 2.05) is 13.0 Å². The van der Waals surface area contributed by atoms with E-state index in [-0.39, 0.29) is 19.1 Å². The molecule has 0 spiro atoms. The molecule has 0 N–H and O–H groups in total. The third-order valence-corrected chi connectivity index (χ3v) is 1.16. The van der Waals surface area contributed by atoms with Gasteiger partial charge in [0, 0.05) is 13.7 Å². The predicted molar refractivity (Wildman–Crippen MR) is 39.7 cm³/mol. The van der Waals surface area contributed by atoms with Gasteiger partial charge in [-0.15, -0.1) is 0 Å². The highest BCUT2D eigenvalue weighted by molar-refractivity contribution is 5.77. The Kier molecular flexibility index (Phi) is 5.13. The Bertz CT molecular complexity index is 162. The van der Waals surface area contributed by atoms with Crippen molar-refractivity contribution in [2.24, 2.45) is 0 Å². The third-order valence-electron chi connectivity index (χ3n) is 1.16. The number of carbonyl (C=O) groups is 1. The topological polar surface area (TPSA) is 53.3 Å². The number of carbonyl (C=O) groups excluding carboxylic acids is 1. The summed E-state index contributed by atoms with van der Waals surface area (Å²) in [6.07, 6.45) is 0. The molecule has 0 aliphatic carbocycles. The van der Waals surface area contributed by atoms with Gasteiger partial charge in [0.05, 0.1) is 6.07 Å². The molecule has 0 unspecified atom stereocenters. The van der Waals surface area contributed by atoms with Crippen molar-refractivity contribution in [2.75, 3.05) is 26.8 Å². The minimum atomic E-state index is -0.159. The molecule has 0 rings (SSSR count). The van der Waals surface area contributed by atoms with E-state index in [0.29, 0.717) is 6.61 Å². The Balaban J connectivity index is 3.57. The molecule has 0 radical (unpaired) electrons. The van der Waals surface area contributed by atoms with E-state index in [1.54, 1.807) is 7.05 Å². The van der Waals surface area contributed by atoms with E-state index in [1.165, 1.54) is 4.90 Å². The van der Waals surface area contributed by atoms with Gasteiger partial charge in [0.2, 0.25) is 5.91 Å². The maximum Gasteiger partial charge on any atom is 0.249 e. The van der Waals surface area contributed by atoms with E-state index in [2.05, 4.69) is 0 Å². The maximum absolute atomic E-state index is 10.9. The Morgan fingerprint density at radius 3 is 2.82 bits per heavy atom. The molecule has 1 amide bonds. The number of ether oxygens (including phenoxy) is 1. The van der Waals surface area contributed by atoms with E-state index >= 15 is 0 Å². The van der Waals surface area contributed by atoms with E-state index in [9.17, 15) is 4.79 Å². The van der Waals surface area contributed by atoms with Crippen molar-refractivity contribution in [1.29, 1.82) is 5.26 Å². The fraction of sp³-hybridized carbons (Fsp3) is 0.714.